The van der Waals surface area contributed by atoms with Gasteiger partial charge in [-0.3, -0.25) is 4.79 Å². The largest absolute Gasteiger partial charge is 0.465 e. The van der Waals surface area contributed by atoms with Crippen molar-refractivity contribution in [3.8, 4) is 6.07 Å². The van der Waals surface area contributed by atoms with Gasteiger partial charge in [0.1, 0.15) is 6.54 Å². The Morgan fingerprint density at radius 1 is 1.44 bits per heavy atom. The van der Waals surface area contributed by atoms with Crippen LogP contribution >= 0.6 is 11.8 Å². The predicted molar refractivity (Wildman–Crippen MR) is 103 cm³/mol. The van der Waals surface area contributed by atoms with Crippen LogP contribution in [-0.2, 0) is 16.1 Å². The van der Waals surface area contributed by atoms with E-state index in [1.165, 1.54) is 16.7 Å². The number of nitriles is 1. The van der Waals surface area contributed by atoms with E-state index in [0.717, 1.165) is 5.56 Å². The number of aromatic nitrogens is 2. The van der Waals surface area contributed by atoms with Crippen molar-refractivity contribution in [3.63, 3.8) is 0 Å². The first-order chi connectivity index (χ1) is 13.0. The topological polar surface area (TPSA) is 135 Å². The smallest absolute Gasteiger partial charge is 0.325 e. The van der Waals surface area contributed by atoms with Gasteiger partial charge in [0.25, 0.3) is 0 Å². The van der Waals surface area contributed by atoms with Crippen molar-refractivity contribution >= 4 is 35.1 Å². The van der Waals surface area contributed by atoms with Gasteiger partial charge in [-0.1, -0.05) is 23.9 Å². The zero-order valence-electron chi connectivity index (χ0n) is 14.9. The standard InChI is InChI=1S/C17H18N6O3S/c1-3-26-13(24)10-23(9-12-6-4-5-11(7-12)8-18)16-14(22-25)15(19)20-17(21-16)27-2/h4-7H,3,9-10H2,1-2H3,(H2,19,20,21). The zero-order chi connectivity index (χ0) is 19.8. The minimum atomic E-state index is -0.492. The van der Waals surface area contributed by atoms with E-state index in [0.29, 0.717) is 10.7 Å². The molecule has 1 heterocycles. The summed E-state index contributed by atoms with van der Waals surface area (Å²) in [7, 11) is 0. The number of thioether (sulfide) groups is 1. The van der Waals surface area contributed by atoms with Crippen LogP contribution in [0.15, 0.2) is 34.6 Å². The molecule has 0 aliphatic heterocycles. The van der Waals surface area contributed by atoms with E-state index in [-0.39, 0.29) is 37.0 Å². The summed E-state index contributed by atoms with van der Waals surface area (Å²) in [4.78, 5) is 33.2. The van der Waals surface area contributed by atoms with Gasteiger partial charge in [0, 0.05) is 6.54 Å². The predicted octanol–water partition coefficient (Wildman–Crippen LogP) is 2.62. The molecule has 0 aliphatic rings. The maximum absolute atomic E-state index is 12.1. The average Bonchev–Trinajstić information content (AvgIpc) is 2.67. The first-order valence-electron chi connectivity index (χ1n) is 7.96. The van der Waals surface area contributed by atoms with Gasteiger partial charge >= 0.3 is 5.97 Å². The first kappa shape index (κ1) is 20.1. The Balaban J connectivity index is 2.49. The van der Waals surface area contributed by atoms with Crippen LogP contribution in [0.25, 0.3) is 0 Å². The van der Waals surface area contributed by atoms with Crippen molar-refractivity contribution in [2.24, 2.45) is 5.18 Å². The van der Waals surface area contributed by atoms with E-state index in [4.69, 9.17) is 15.7 Å². The molecule has 0 saturated heterocycles. The van der Waals surface area contributed by atoms with Crippen LogP contribution in [-0.4, -0.2) is 35.3 Å². The molecule has 140 valence electrons. The number of benzene rings is 1. The fraction of sp³-hybridized carbons (Fsp3) is 0.294. The van der Waals surface area contributed by atoms with Crippen molar-refractivity contribution < 1.29 is 9.53 Å². The normalized spacial score (nSPS) is 10.1. The number of anilines is 2. The molecule has 0 radical (unpaired) electrons. The molecule has 2 aromatic rings. The highest BCUT2D eigenvalue weighted by molar-refractivity contribution is 7.98. The molecule has 0 atom stereocenters. The Kier molecular flexibility index (Phi) is 7.08. The lowest BCUT2D eigenvalue weighted by molar-refractivity contribution is -0.141. The number of nitrogens with two attached hydrogens (primary N) is 1. The Morgan fingerprint density at radius 2 is 2.22 bits per heavy atom. The number of nitrogens with zero attached hydrogens (tertiary/aromatic N) is 5. The SMILES string of the molecule is CCOC(=O)CN(Cc1cccc(C#N)c1)c1nc(SC)nc(N)c1N=O. The molecule has 0 aliphatic carbocycles. The lowest BCUT2D eigenvalue weighted by atomic mass is 10.1. The molecule has 1 aromatic heterocycles. The third kappa shape index (κ3) is 5.15. The second kappa shape index (κ2) is 9.49. The third-order valence-electron chi connectivity index (χ3n) is 3.50. The molecule has 0 bridgehead atoms. The van der Waals surface area contributed by atoms with Crippen LogP contribution in [0.2, 0.25) is 0 Å². The summed E-state index contributed by atoms with van der Waals surface area (Å²) in [5.74, 6) is -0.426. The number of hydrogen-bond acceptors (Lipinski definition) is 10. The lowest BCUT2D eigenvalue weighted by Gasteiger charge is -2.24. The number of nitroso groups, excluding NO2 is 1. The number of rotatable bonds is 8. The van der Waals surface area contributed by atoms with Crippen LogP contribution in [0.5, 0.6) is 0 Å². The number of carbonyl (C=O) groups is 1. The quantitative estimate of drug-likeness (QED) is 0.314. The fourth-order valence-corrected chi connectivity index (χ4v) is 2.73. The summed E-state index contributed by atoms with van der Waals surface area (Å²) in [5, 5.41) is 12.4. The molecule has 10 heteroatoms. The number of hydrogen-bond donors (Lipinski definition) is 1. The molecule has 2 N–H and O–H groups in total. The summed E-state index contributed by atoms with van der Waals surface area (Å²) in [6.45, 7) is 1.95. The summed E-state index contributed by atoms with van der Waals surface area (Å²) >= 11 is 1.24. The van der Waals surface area contributed by atoms with Gasteiger partial charge in [0.05, 0.1) is 18.2 Å². The Bertz CT molecular complexity index is 883. The van der Waals surface area contributed by atoms with Gasteiger partial charge in [-0.25, -0.2) is 9.97 Å². The maximum atomic E-state index is 12.1. The molecule has 0 spiro atoms. The number of esters is 1. The lowest BCUT2D eigenvalue weighted by Crippen LogP contribution is -2.31. The van der Waals surface area contributed by atoms with Gasteiger partial charge in [-0.15, -0.1) is 4.91 Å². The van der Waals surface area contributed by atoms with Crippen molar-refractivity contribution in [3.05, 3.63) is 40.3 Å². The fourth-order valence-electron chi connectivity index (χ4n) is 2.37. The minimum Gasteiger partial charge on any atom is -0.465 e. The summed E-state index contributed by atoms with van der Waals surface area (Å²) in [6.07, 6.45) is 1.76. The Labute approximate surface area is 160 Å². The van der Waals surface area contributed by atoms with Crippen molar-refractivity contribution in [2.45, 2.75) is 18.6 Å². The number of ether oxygens (including phenoxy) is 1. The van der Waals surface area contributed by atoms with Gasteiger partial charge in [0.2, 0.25) is 0 Å². The number of carbonyl (C=O) groups excluding carboxylic acids is 1. The molecule has 27 heavy (non-hydrogen) atoms. The van der Waals surface area contributed by atoms with Crippen LogP contribution < -0.4 is 10.6 Å². The van der Waals surface area contributed by atoms with Gasteiger partial charge < -0.3 is 15.4 Å². The molecule has 0 amide bonds. The second-order valence-corrected chi connectivity index (χ2v) is 6.11. The molecule has 9 nitrogen and oxygen atoms in total. The Morgan fingerprint density at radius 3 is 2.85 bits per heavy atom. The summed E-state index contributed by atoms with van der Waals surface area (Å²) < 4.78 is 5.02. The van der Waals surface area contributed by atoms with Gasteiger partial charge in [0.15, 0.2) is 22.5 Å². The van der Waals surface area contributed by atoms with E-state index < -0.39 is 5.97 Å². The molecule has 1 aromatic carbocycles. The zero-order valence-corrected chi connectivity index (χ0v) is 15.7. The minimum absolute atomic E-state index is 0.0704. The third-order valence-corrected chi connectivity index (χ3v) is 4.05. The van der Waals surface area contributed by atoms with E-state index in [1.54, 1.807) is 37.4 Å². The monoisotopic (exact) mass is 386 g/mol. The molecule has 2 rings (SSSR count). The van der Waals surface area contributed by atoms with Crippen molar-refractivity contribution in [2.75, 3.05) is 30.0 Å². The first-order valence-corrected chi connectivity index (χ1v) is 9.19. The van der Waals surface area contributed by atoms with E-state index >= 15 is 0 Å². The van der Waals surface area contributed by atoms with Crippen LogP contribution in [0, 0.1) is 16.2 Å². The molecule has 0 fully saturated rings. The van der Waals surface area contributed by atoms with Gasteiger partial charge in [-0.05, 0) is 36.1 Å². The highest BCUT2D eigenvalue weighted by Crippen LogP contribution is 2.34. The maximum Gasteiger partial charge on any atom is 0.325 e. The second-order valence-electron chi connectivity index (χ2n) is 5.33. The average molecular weight is 386 g/mol. The van der Waals surface area contributed by atoms with Gasteiger partial charge in [-0.2, -0.15) is 5.26 Å². The molecule has 0 saturated carbocycles. The molecule has 0 unspecified atom stereocenters. The Hall–Kier alpha value is -3.19. The highest BCUT2D eigenvalue weighted by Gasteiger charge is 2.22. The van der Waals surface area contributed by atoms with Crippen LogP contribution in [0.4, 0.5) is 17.3 Å². The van der Waals surface area contributed by atoms with E-state index in [9.17, 15) is 9.70 Å². The van der Waals surface area contributed by atoms with E-state index in [2.05, 4.69) is 21.2 Å². The summed E-state index contributed by atoms with van der Waals surface area (Å²) in [6, 6.07) is 8.95. The molecular formula is C17H18N6O3S. The molecular weight excluding hydrogens is 368 g/mol. The van der Waals surface area contributed by atoms with Crippen LogP contribution in [0.3, 0.4) is 0 Å². The number of nitrogen functional groups attached to an aromatic ring is 1. The highest BCUT2D eigenvalue weighted by atomic mass is 32.2. The van der Waals surface area contributed by atoms with Crippen LogP contribution in [0.1, 0.15) is 18.1 Å². The van der Waals surface area contributed by atoms with E-state index in [1.807, 2.05) is 0 Å². The van der Waals surface area contributed by atoms with Crippen molar-refractivity contribution in [1.82, 2.24) is 9.97 Å². The summed E-state index contributed by atoms with van der Waals surface area (Å²) in [5.41, 5.74) is 6.91. The van der Waals surface area contributed by atoms with Crippen molar-refractivity contribution in [1.29, 1.82) is 5.26 Å².